The number of aromatic nitrogens is 5. The Hall–Kier alpha value is -2.22. The van der Waals surface area contributed by atoms with E-state index in [0.29, 0.717) is 12.5 Å². The summed E-state index contributed by atoms with van der Waals surface area (Å²) in [5.41, 5.74) is 5.14. The van der Waals surface area contributed by atoms with Gasteiger partial charge in [0.25, 0.3) is 0 Å². The van der Waals surface area contributed by atoms with Crippen molar-refractivity contribution in [2.45, 2.75) is 65.1 Å². The molecule has 26 heavy (non-hydrogen) atoms. The third kappa shape index (κ3) is 3.65. The van der Waals surface area contributed by atoms with Gasteiger partial charge in [0.2, 0.25) is 5.91 Å². The van der Waals surface area contributed by atoms with Crippen molar-refractivity contribution in [2.75, 3.05) is 13.1 Å². The molecule has 1 fully saturated rings. The topological polar surface area (TPSA) is 94.9 Å². The van der Waals surface area contributed by atoms with Gasteiger partial charge in [-0.05, 0) is 40.5 Å². The number of imidazole rings is 1. The summed E-state index contributed by atoms with van der Waals surface area (Å²) in [5.74, 6) is 3.28. The summed E-state index contributed by atoms with van der Waals surface area (Å²) in [5, 5.41) is 8.93. The van der Waals surface area contributed by atoms with Gasteiger partial charge in [0, 0.05) is 37.9 Å². The highest BCUT2D eigenvalue weighted by Crippen LogP contribution is 2.28. The second-order valence-electron chi connectivity index (χ2n) is 7.61. The summed E-state index contributed by atoms with van der Waals surface area (Å²) >= 11 is 0. The van der Waals surface area contributed by atoms with E-state index in [1.54, 1.807) is 20.0 Å². The van der Waals surface area contributed by atoms with E-state index in [-0.39, 0.29) is 5.91 Å². The zero-order valence-electron chi connectivity index (χ0n) is 16.1. The third-order valence-corrected chi connectivity index (χ3v) is 5.11. The molecule has 2 aromatic heterocycles. The third-order valence-electron chi connectivity index (χ3n) is 5.11. The average Bonchev–Trinajstić information content (AvgIpc) is 3.20. The molecule has 0 radical (unpaired) electrons. The SMILES string of the molecule is CCn1c(Cn2ccnc2C)nnc1C1CCN(C(=O)C(C)(C)N)CC1. The van der Waals surface area contributed by atoms with E-state index in [0.717, 1.165) is 49.9 Å². The van der Waals surface area contributed by atoms with E-state index in [1.165, 1.54) is 0 Å². The molecular formula is C18H29N7O. The fraction of sp³-hybridized carbons (Fsp3) is 0.667. The molecule has 1 aliphatic rings. The molecule has 142 valence electrons. The van der Waals surface area contributed by atoms with Crippen molar-refractivity contribution >= 4 is 5.91 Å². The summed E-state index contributed by atoms with van der Waals surface area (Å²) < 4.78 is 4.28. The van der Waals surface area contributed by atoms with Crippen LogP contribution < -0.4 is 5.73 Å². The monoisotopic (exact) mass is 359 g/mol. The van der Waals surface area contributed by atoms with Gasteiger partial charge in [0.1, 0.15) is 11.6 Å². The Balaban J connectivity index is 1.71. The lowest BCUT2D eigenvalue weighted by atomic mass is 9.94. The molecule has 8 heteroatoms. The van der Waals surface area contributed by atoms with Crippen molar-refractivity contribution in [3.63, 3.8) is 0 Å². The largest absolute Gasteiger partial charge is 0.341 e. The first-order chi connectivity index (χ1) is 12.3. The minimum absolute atomic E-state index is 0.0178. The first-order valence-electron chi connectivity index (χ1n) is 9.29. The number of nitrogens with zero attached hydrogens (tertiary/aromatic N) is 6. The Kier molecular flexibility index (Phi) is 5.13. The van der Waals surface area contributed by atoms with Gasteiger partial charge in [-0.3, -0.25) is 4.79 Å². The van der Waals surface area contributed by atoms with Crippen LogP contribution in [0.2, 0.25) is 0 Å². The second kappa shape index (κ2) is 7.19. The smallest absolute Gasteiger partial charge is 0.242 e. The van der Waals surface area contributed by atoms with Crippen LogP contribution in [0.25, 0.3) is 0 Å². The Morgan fingerprint density at radius 3 is 2.54 bits per heavy atom. The lowest BCUT2D eigenvalue weighted by Crippen LogP contribution is -2.53. The molecule has 3 rings (SSSR count). The fourth-order valence-corrected chi connectivity index (χ4v) is 3.58. The number of hydrogen-bond donors (Lipinski definition) is 1. The molecule has 0 bridgehead atoms. The van der Waals surface area contributed by atoms with Crippen LogP contribution in [0.1, 0.15) is 57.0 Å². The molecule has 0 saturated carbocycles. The molecule has 0 spiro atoms. The van der Waals surface area contributed by atoms with Crippen LogP contribution in [0, 0.1) is 6.92 Å². The molecule has 0 unspecified atom stereocenters. The van der Waals surface area contributed by atoms with Gasteiger partial charge < -0.3 is 19.8 Å². The van der Waals surface area contributed by atoms with Crippen LogP contribution in [0.3, 0.4) is 0 Å². The lowest BCUT2D eigenvalue weighted by Gasteiger charge is -2.35. The highest BCUT2D eigenvalue weighted by Gasteiger charge is 2.32. The van der Waals surface area contributed by atoms with E-state index < -0.39 is 5.54 Å². The first-order valence-corrected chi connectivity index (χ1v) is 9.29. The van der Waals surface area contributed by atoms with Gasteiger partial charge in [0.15, 0.2) is 5.82 Å². The minimum Gasteiger partial charge on any atom is -0.341 e. The van der Waals surface area contributed by atoms with Gasteiger partial charge in [-0.2, -0.15) is 0 Å². The predicted octanol–water partition coefficient (Wildman–Crippen LogP) is 1.29. The minimum atomic E-state index is -0.813. The Morgan fingerprint density at radius 2 is 2.00 bits per heavy atom. The number of carbonyl (C=O) groups is 1. The van der Waals surface area contributed by atoms with Crippen molar-refractivity contribution in [1.82, 2.24) is 29.2 Å². The van der Waals surface area contributed by atoms with Crippen molar-refractivity contribution < 1.29 is 4.79 Å². The van der Waals surface area contributed by atoms with Gasteiger partial charge in [-0.15, -0.1) is 10.2 Å². The van der Waals surface area contributed by atoms with E-state index in [2.05, 4.69) is 31.2 Å². The van der Waals surface area contributed by atoms with Crippen LogP contribution in [0.5, 0.6) is 0 Å². The standard InChI is InChI=1S/C18H29N7O/c1-5-25-15(12-24-11-8-20-13(24)2)21-22-16(25)14-6-9-23(10-7-14)17(26)18(3,4)19/h8,11,14H,5-7,9-10,12,19H2,1-4H3. The van der Waals surface area contributed by atoms with E-state index in [4.69, 9.17) is 5.73 Å². The zero-order valence-corrected chi connectivity index (χ0v) is 16.1. The van der Waals surface area contributed by atoms with E-state index >= 15 is 0 Å². The summed E-state index contributed by atoms with van der Waals surface area (Å²) in [6.45, 7) is 10.6. The fourth-order valence-electron chi connectivity index (χ4n) is 3.58. The maximum atomic E-state index is 12.4. The van der Waals surface area contributed by atoms with Crippen molar-refractivity contribution in [1.29, 1.82) is 0 Å². The maximum absolute atomic E-state index is 12.4. The van der Waals surface area contributed by atoms with Gasteiger partial charge in [-0.1, -0.05) is 0 Å². The Bertz CT molecular complexity index is 763. The molecular weight excluding hydrogens is 330 g/mol. The van der Waals surface area contributed by atoms with Crippen molar-refractivity contribution in [2.24, 2.45) is 5.73 Å². The number of rotatable bonds is 5. The molecule has 3 heterocycles. The average molecular weight is 359 g/mol. The van der Waals surface area contributed by atoms with Crippen molar-refractivity contribution in [3.8, 4) is 0 Å². The van der Waals surface area contributed by atoms with Crippen LogP contribution in [-0.2, 0) is 17.9 Å². The highest BCUT2D eigenvalue weighted by atomic mass is 16.2. The van der Waals surface area contributed by atoms with Crippen LogP contribution in [-0.4, -0.2) is 53.8 Å². The quantitative estimate of drug-likeness (QED) is 0.868. The van der Waals surface area contributed by atoms with E-state index in [9.17, 15) is 4.79 Å². The number of aryl methyl sites for hydroxylation is 1. The van der Waals surface area contributed by atoms with Crippen LogP contribution >= 0.6 is 0 Å². The highest BCUT2D eigenvalue weighted by molar-refractivity contribution is 5.85. The molecule has 0 atom stereocenters. The second-order valence-corrected chi connectivity index (χ2v) is 7.61. The molecule has 2 aromatic rings. The summed E-state index contributed by atoms with van der Waals surface area (Å²) in [4.78, 5) is 18.5. The maximum Gasteiger partial charge on any atom is 0.242 e. The number of amides is 1. The summed E-state index contributed by atoms with van der Waals surface area (Å²) in [6.07, 6.45) is 5.55. The number of nitrogens with two attached hydrogens (primary N) is 1. The molecule has 8 nitrogen and oxygen atoms in total. The Morgan fingerprint density at radius 1 is 1.31 bits per heavy atom. The first kappa shape index (κ1) is 18.6. The summed E-state index contributed by atoms with van der Waals surface area (Å²) in [7, 11) is 0. The molecule has 2 N–H and O–H groups in total. The zero-order chi connectivity index (χ0) is 18.9. The molecule has 1 amide bonds. The van der Waals surface area contributed by atoms with Crippen LogP contribution in [0.15, 0.2) is 12.4 Å². The van der Waals surface area contributed by atoms with Gasteiger partial charge in [-0.25, -0.2) is 4.98 Å². The Labute approximate surface area is 154 Å². The predicted molar refractivity (Wildman–Crippen MR) is 98.6 cm³/mol. The van der Waals surface area contributed by atoms with Gasteiger partial charge in [0.05, 0.1) is 12.1 Å². The van der Waals surface area contributed by atoms with Gasteiger partial charge >= 0.3 is 0 Å². The van der Waals surface area contributed by atoms with E-state index in [1.807, 2.05) is 18.0 Å². The summed E-state index contributed by atoms with van der Waals surface area (Å²) in [6, 6.07) is 0. The molecule has 0 aliphatic carbocycles. The number of carbonyl (C=O) groups excluding carboxylic acids is 1. The number of piperidine rings is 1. The molecule has 0 aromatic carbocycles. The normalized spacial score (nSPS) is 16.3. The van der Waals surface area contributed by atoms with Crippen molar-refractivity contribution in [3.05, 3.63) is 29.9 Å². The number of hydrogen-bond acceptors (Lipinski definition) is 5. The molecule has 1 saturated heterocycles. The lowest BCUT2D eigenvalue weighted by molar-refractivity contribution is -0.136. The number of likely N-dealkylation sites (tertiary alicyclic amines) is 1. The molecule has 1 aliphatic heterocycles. The van der Waals surface area contributed by atoms with Crippen LogP contribution in [0.4, 0.5) is 0 Å².